The van der Waals surface area contributed by atoms with Crippen LogP contribution in [0.15, 0.2) is 65.6 Å². The normalized spacial score (nSPS) is 14.8. The molecular weight excluding hydrogens is 439 g/mol. The number of likely N-dealkylation sites (tertiary alicyclic amines) is 1. The zero-order chi connectivity index (χ0) is 23.2. The number of hydrogen-bond donors (Lipinski definition) is 1. The summed E-state index contributed by atoms with van der Waals surface area (Å²) in [6.07, 6.45) is 1.84. The van der Waals surface area contributed by atoms with Crippen LogP contribution in [-0.4, -0.2) is 48.8 Å². The molecule has 0 spiro atoms. The van der Waals surface area contributed by atoms with Gasteiger partial charge in [0, 0.05) is 30.6 Å². The van der Waals surface area contributed by atoms with Crippen LogP contribution in [0.5, 0.6) is 0 Å². The van der Waals surface area contributed by atoms with E-state index in [1.54, 1.807) is 18.2 Å². The Kier molecular flexibility index (Phi) is 7.62. The summed E-state index contributed by atoms with van der Waals surface area (Å²) in [5.74, 6) is -0.215. The number of hydrogen-bond acceptors (Lipinski definition) is 5. The predicted molar refractivity (Wildman–Crippen MR) is 129 cm³/mol. The molecule has 0 unspecified atom stereocenters. The van der Waals surface area contributed by atoms with Gasteiger partial charge >= 0.3 is 5.97 Å². The number of ether oxygens (including phenoxy) is 1. The van der Waals surface area contributed by atoms with E-state index in [-0.39, 0.29) is 23.7 Å². The van der Waals surface area contributed by atoms with Crippen LogP contribution >= 0.6 is 11.8 Å². The second kappa shape index (κ2) is 10.8. The highest BCUT2D eigenvalue weighted by molar-refractivity contribution is 8.00. The van der Waals surface area contributed by atoms with Crippen molar-refractivity contribution >= 4 is 34.4 Å². The number of esters is 1. The molecule has 0 aliphatic carbocycles. The molecular formula is C26H27FN2O3S. The number of piperidine rings is 1. The highest BCUT2D eigenvalue weighted by Gasteiger charge is 2.21. The first-order valence-electron chi connectivity index (χ1n) is 11.0. The highest BCUT2D eigenvalue weighted by Crippen LogP contribution is 2.21. The quantitative estimate of drug-likeness (QED) is 0.406. The molecule has 1 N–H and O–H groups in total. The Morgan fingerprint density at radius 3 is 2.45 bits per heavy atom. The zero-order valence-corrected chi connectivity index (χ0v) is 19.4. The van der Waals surface area contributed by atoms with Crippen LogP contribution in [0, 0.1) is 5.82 Å². The number of carbonyl (C=O) groups excluding carboxylic acids is 2. The predicted octanol–water partition coefficient (Wildman–Crippen LogP) is 4.64. The van der Waals surface area contributed by atoms with Crippen molar-refractivity contribution in [2.45, 2.75) is 30.3 Å². The third-order valence-electron chi connectivity index (χ3n) is 5.87. The van der Waals surface area contributed by atoms with Gasteiger partial charge < -0.3 is 10.1 Å². The summed E-state index contributed by atoms with van der Waals surface area (Å²) in [6, 6.07) is 18.3. The van der Waals surface area contributed by atoms with Crippen molar-refractivity contribution in [3.63, 3.8) is 0 Å². The average molecular weight is 467 g/mol. The number of carbonyl (C=O) groups is 2. The smallest absolute Gasteiger partial charge is 0.337 e. The summed E-state index contributed by atoms with van der Waals surface area (Å²) in [5.41, 5.74) is 1.71. The fourth-order valence-corrected chi connectivity index (χ4v) is 4.79. The van der Waals surface area contributed by atoms with Crippen LogP contribution in [0.25, 0.3) is 10.8 Å². The number of thioether (sulfide) groups is 1. The monoisotopic (exact) mass is 466 g/mol. The van der Waals surface area contributed by atoms with Gasteiger partial charge in [-0.25, -0.2) is 9.18 Å². The van der Waals surface area contributed by atoms with Crippen molar-refractivity contribution in [3.8, 4) is 0 Å². The van der Waals surface area contributed by atoms with Crippen LogP contribution in [0.4, 0.5) is 4.39 Å². The lowest BCUT2D eigenvalue weighted by molar-refractivity contribution is -0.119. The zero-order valence-electron chi connectivity index (χ0n) is 18.6. The molecule has 172 valence electrons. The van der Waals surface area contributed by atoms with E-state index >= 15 is 0 Å². The standard InChI is InChI=1S/C26H27FN2O3S/c1-32-26(31)19-5-8-24(9-6-19)33-17-25(30)28-23-10-12-29(13-11-23)16-18-2-3-21-15-22(27)7-4-20(21)14-18/h2-9,14-15,23H,10-13,16-17H2,1H3,(H,28,30). The fourth-order valence-electron chi connectivity index (χ4n) is 4.08. The van der Waals surface area contributed by atoms with Crippen molar-refractivity contribution in [1.29, 1.82) is 0 Å². The van der Waals surface area contributed by atoms with E-state index in [1.165, 1.54) is 30.5 Å². The number of benzene rings is 3. The lowest BCUT2D eigenvalue weighted by Gasteiger charge is -2.32. The lowest BCUT2D eigenvalue weighted by Crippen LogP contribution is -2.44. The number of halogens is 1. The lowest BCUT2D eigenvalue weighted by atomic mass is 10.0. The Labute approximate surface area is 197 Å². The Balaban J connectivity index is 1.20. The van der Waals surface area contributed by atoms with Gasteiger partial charge in [0.15, 0.2) is 0 Å². The number of nitrogens with zero attached hydrogens (tertiary/aromatic N) is 1. The molecule has 4 rings (SSSR count). The van der Waals surface area contributed by atoms with E-state index in [0.29, 0.717) is 11.3 Å². The van der Waals surface area contributed by atoms with Crippen LogP contribution in [0.1, 0.15) is 28.8 Å². The van der Waals surface area contributed by atoms with E-state index in [4.69, 9.17) is 4.74 Å². The minimum Gasteiger partial charge on any atom is -0.465 e. The molecule has 0 aromatic heterocycles. The Hall–Kier alpha value is -2.90. The summed E-state index contributed by atoms with van der Waals surface area (Å²) in [6.45, 7) is 2.70. The molecule has 0 saturated carbocycles. The van der Waals surface area contributed by atoms with Gasteiger partial charge in [0.05, 0.1) is 18.4 Å². The van der Waals surface area contributed by atoms with Gasteiger partial charge in [-0.1, -0.05) is 18.2 Å². The van der Waals surface area contributed by atoms with Gasteiger partial charge in [0.25, 0.3) is 0 Å². The molecule has 5 nitrogen and oxygen atoms in total. The minimum absolute atomic E-state index is 0.0252. The molecule has 0 bridgehead atoms. The maximum absolute atomic E-state index is 13.4. The Bertz CT molecular complexity index is 1130. The second-order valence-electron chi connectivity index (χ2n) is 8.25. The summed E-state index contributed by atoms with van der Waals surface area (Å²) in [7, 11) is 1.35. The molecule has 3 aromatic rings. The topological polar surface area (TPSA) is 58.6 Å². The van der Waals surface area contributed by atoms with Gasteiger partial charge in [0.2, 0.25) is 5.91 Å². The van der Waals surface area contributed by atoms with Crippen LogP contribution < -0.4 is 5.32 Å². The molecule has 33 heavy (non-hydrogen) atoms. The molecule has 3 aromatic carbocycles. The number of nitrogens with one attached hydrogen (secondary N) is 1. The van der Waals surface area contributed by atoms with Crippen molar-refractivity contribution in [2.24, 2.45) is 0 Å². The largest absolute Gasteiger partial charge is 0.465 e. The molecule has 0 atom stereocenters. The Morgan fingerprint density at radius 1 is 1.03 bits per heavy atom. The third-order valence-corrected chi connectivity index (χ3v) is 6.88. The molecule has 1 saturated heterocycles. The van der Waals surface area contributed by atoms with Gasteiger partial charge in [-0.3, -0.25) is 9.69 Å². The summed E-state index contributed by atoms with van der Waals surface area (Å²) in [4.78, 5) is 27.2. The number of methoxy groups -OCH3 is 1. The number of fused-ring (bicyclic) bond motifs is 1. The maximum atomic E-state index is 13.4. The van der Waals surface area contributed by atoms with E-state index in [1.807, 2.05) is 24.3 Å². The molecule has 1 amide bonds. The first-order valence-corrected chi connectivity index (χ1v) is 12.0. The Morgan fingerprint density at radius 2 is 1.73 bits per heavy atom. The minimum atomic E-state index is -0.369. The second-order valence-corrected chi connectivity index (χ2v) is 9.30. The molecule has 1 fully saturated rings. The van der Waals surface area contributed by atoms with Gasteiger partial charge in [-0.2, -0.15) is 0 Å². The van der Waals surface area contributed by atoms with E-state index in [9.17, 15) is 14.0 Å². The van der Waals surface area contributed by atoms with Crippen LogP contribution in [0.3, 0.4) is 0 Å². The first kappa shape index (κ1) is 23.3. The van der Waals surface area contributed by atoms with Crippen molar-refractivity contribution in [2.75, 3.05) is 26.0 Å². The third kappa shape index (κ3) is 6.33. The molecule has 0 radical (unpaired) electrons. The van der Waals surface area contributed by atoms with Gasteiger partial charge in [0.1, 0.15) is 5.82 Å². The van der Waals surface area contributed by atoms with Crippen molar-refractivity contribution in [1.82, 2.24) is 10.2 Å². The molecule has 1 aliphatic rings. The van der Waals surface area contributed by atoms with E-state index in [0.717, 1.165) is 48.1 Å². The van der Waals surface area contributed by atoms with Crippen LogP contribution in [0.2, 0.25) is 0 Å². The number of rotatable bonds is 7. The van der Waals surface area contributed by atoms with Crippen molar-refractivity contribution < 1.29 is 18.7 Å². The number of amides is 1. The van der Waals surface area contributed by atoms with Crippen molar-refractivity contribution in [3.05, 3.63) is 77.6 Å². The average Bonchev–Trinajstić information content (AvgIpc) is 2.84. The SMILES string of the molecule is COC(=O)c1ccc(SCC(=O)NC2CCN(Cc3ccc4cc(F)ccc4c3)CC2)cc1. The van der Waals surface area contributed by atoms with Crippen LogP contribution in [-0.2, 0) is 16.1 Å². The summed E-state index contributed by atoms with van der Waals surface area (Å²) < 4.78 is 18.1. The fraction of sp³-hybridized carbons (Fsp3) is 0.308. The maximum Gasteiger partial charge on any atom is 0.337 e. The highest BCUT2D eigenvalue weighted by atomic mass is 32.2. The summed E-state index contributed by atoms with van der Waals surface area (Å²) in [5, 5.41) is 5.11. The molecule has 7 heteroatoms. The first-order chi connectivity index (χ1) is 16.0. The van der Waals surface area contributed by atoms with Gasteiger partial charge in [-0.15, -0.1) is 11.8 Å². The molecule has 1 aliphatic heterocycles. The van der Waals surface area contributed by atoms with Gasteiger partial charge in [-0.05, 0) is 71.6 Å². The van der Waals surface area contributed by atoms with E-state index < -0.39 is 0 Å². The van der Waals surface area contributed by atoms with E-state index in [2.05, 4.69) is 22.3 Å². The summed E-state index contributed by atoms with van der Waals surface area (Å²) >= 11 is 1.45. The molecule has 1 heterocycles.